The molecule has 1 aromatic carbocycles. The Morgan fingerprint density at radius 3 is 2.72 bits per heavy atom. The Labute approximate surface area is 144 Å². The number of carbonyl (C=O) groups excluding carboxylic acids is 1. The Kier molecular flexibility index (Phi) is 3.78. The number of para-hydroxylation sites is 1. The summed E-state index contributed by atoms with van der Waals surface area (Å²) >= 11 is 0. The van der Waals surface area contributed by atoms with Gasteiger partial charge in [0.05, 0.1) is 11.1 Å². The molecule has 1 aliphatic heterocycles. The summed E-state index contributed by atoms with van der Waals surface area (Å²) in [5, 5.41) is 17.2. The fraction of sp³-hybridized carbons (Fsp3) is 0.222. The van der Waals surface area contributed by atoms with Crippen LogP contribution in [0.15, 0.2) is 42.6 Å². The van der Waals surface area contributed by atoms with Crippen LogP contribution in [0, 0.1) is 11.3 Å². The van der Waals surface area contributed by atoms with Crippen LogP contribution in [-0.4, -0.2) is 52.2 Å². The average Bonchev–Trinajstić information content (AvgIpc) is 3.11. The van der Waals surface area contributed by atoms with Crippen LogP contribution < -0.4 is 4.90 Å². The molecule has 124 valence electrons. The third-order valence-electron chi connectivity index (χ3n) is 4.45. The highest BCUT2D eigenvalue weighted by molar-refractivity contribution is 6.04. The van der Waals surface area contributed by atoms with Crippen molar-refractivity contribution in [2.24, 2.45) is 0 Å². The molecule has 3 heterocycles. The second-order valence-corrected chi connectivity index (χ2v) is 5.88. The van der Waals surface area contributed by atoms with Crippen LogP contribution in [0.3, 0.4) is 0 Å². The largest absolute Gasteiger partial charge is 0.352 e. The number of H-pyrrole nitrogens is 1. The van der Waals surface area contributed by atoms with Crippen LogP contribution in [0.25, 0.3) is 10.9 Å². The highest BCUT2D eigenvalue weighted by Gasteiger charge is 2.26. The summed E-state index contributed by atoms with van der Waals surface area (Å²) in [6.07, 6.45) is 1.68. The van der Waals surface area contributed by atoms with Gasteiger partial charge in [-0.3, -0.25) is 9.89 Å². The molecule has 3 aromatic rings. The first kappa shape index (κ1) is 15.1. The molecule has 0 unspecified atom stereocenters. The van der Waals surface area contributed by atoms with Crippen LogP contribution in [0.1, 0.15) is 16.1 Å². The summed E-state index contributed by atoms with van der Waals surface area (Å²) in [6.45, 7) is 2.42. The van der Waals surface area contributed by atoms with Gasteiger partial charge in [0.15, 0.2) is 5.69 Å². The standard InChI is InChI=1S/C18H16N6O/c19-12-13-4-3-7-20-17(13)23-8-10-24(11-9-23)18(25)16-14-5-1-2-6-15(14)21-22-16/h1-7H,8-11H2,(H,21,22). The molecule has 2 aromatic heterocycles. The first-order chi connectivity index (χ1) is 12.3. The number of fused-ring (bicyclic) bond motifs is 1. The third kappa shape index (κ3) is 2.68. The van der Waals surface area contributed by atoms with Gasteiger partial charge in [-0.15, -0.1) is 0 Å². The zero-order valence-electron chi connectivity index (χ0n) is 13.5. The van der Waals surface area contributed by atoms with Gasteiger partial charge in [0.1, 0.15) is 11.9 Å². The SMILES string of the molecule is N#Cc1cccnc1N1CCN(C(=O)c2n[nH]c3ccccc23)CC1. The lowest BCUT2D eigenvalue weighted by molar-refractivity contribution is 0.0742. The quantitative estimate of drug-likeness (QED) is 0.773. The second-order valence-electron chi connectivity index (χ2n) is 5.88. The molecule has 4 rings (SSSR count). The van der Waals surface area contributed by atoms with Crippen molar-refractivity contribution >= 4 is 22.6 Å². The second kappa shape index (κ2) is 6.24. The van der Waals surface area contributed by atoms with Gasteiger partial charge in [0.2, 0.25) is 0 Å². The molecule has 1 fully saturated rings. The Bertz CT molecular complexity index is 965. The number of nitrogens with zero attached hydrogens (tertiary/aromatic N) is 5. The summed E-state index contributed by atoms with van der Waals surface area (Å²) in [5.41, 5.74) is 1.87. The minimum absolute atomic E-state index is 0.0707. The minimum atomic E-state index is -0.0707. The van der Waals surface area contributed by atoms with Gasteiger partial charge in [0, 0.05) is 37.8 Å². The van der Waals surface area contributed by atoms with Crippen LogP contribution in [-0.2, 0) is 0 Å². The molecule has 7 nitrogen and oxygen atoms in total. The zero-order valence-corrected chi connectivity index (χ0v) is 13.5. The number of piperazine rings is 1. The van der Waals surface area contributed by atoms with Crippen molar-refractivity contribution in [1.29, 1.82) is 5.26 Å². The van der Waals surface area contributed by atoms with Gasteiger partial charge in [-0.05, 0) is 18.2 Å². The average molecular weight is 332 g/mol. The van der Waals surface area contributed by atoms with Gasteiger partial charge < -0.3 is 9.80 Å². The topological polar surface area (TPSA) is 88.9 Å². The van der Waals surface area contributed by atoms with Crippen molar-refractivity contribution in [1.82, 2.24) is 20.1 Å². The van der Waals surface area contributed by atoms with E-state index in [2.05, 4.69) is 21.3 Å². The van der Waals surface area contributed by atoms with E-state index in [1.165, 1.54) is 0 Å². The first-order valence-corrected chi connectivity index (χ1v) is 8.10. The van der Waals surface area contributed by atoms with Crippen LogP contribution in [0.4, 0.5) is 5.82 Å². The molecule has 0 spiro atoms. The van der Waals surface area contributed by atoms with Gasteiger partial charge >= 0.3 is 0 Å². The van der Waals surface area contributed by atoms with Gasteiger partial charge in [-0.1, -0.05) is 18.2 Å². The molecule has 1 N–H and O–H groups in total. The maximum Gasteiger partial charge on any atom is 0.275 e. The third-order valence-corrected chi connectivity index (χ3v) is 4.45. The molecule has 1 aliphatic rings. The Balaban J connectivity index is 1.50. The number of nitriles is 1. The van der Waals surface area contributed by atoms with E-state index < -0.39 is 0 Å². The molecule has 0 aliphatic carbocycles. The van der Waals surface area contributed by atoms with E-state index in [0.717, 1.165) is 10.9 Å². The predicted octanol–water partition coefficient (Wildman–Crippen LogP) is 1.79. The van der Waals surface area contributed by atoms with Crippen molar-refractivity contribution < 1.29 is 4.79 Å². The summed E-state index contributed by atoms with van der Waals surface area (Å²) in [6, 6.07) is 13.3. The molecule has 7 heteroatoms. The number of nitrogens with one attached hydrogen (secondary N) is 1. The number of amides is 1. The number of aromatic amines is 1. The lowest BCUT2D eigenvalue weighted by Gasteiger charge is -2.35. The number of benzene rings is 1. The number of pyridine rings is 1. The van der Waals surface area contributed by atoms with Crippen LogP contribution in [0.2, 0.25) is 0 Å². The van der Waals surface area contributed by atoms with Gasteiger partial charge in [0.25, 0.3) is 5.91 Å². The van der Waals surface area contributed by atoms with Crippen molar-refractivity contribution in [2.75, 3.05) is 31.1 Å². The van der Waals surface area contributed by atoms with Crippen molar-refractivity contribution in [3.05, 3.63) is 53.9 Å². The first-order valence-electron chi connectivity index (χ1n) is 8.10. The summed E-state index contributed by atoms with van der Waals surface area (Å²) < 4.78 is 0. The Hall–Kier alpha value is -3.40. The predicted molar refractivity (Wildman–Crippen MR) is 93.2 cm³/mol. The highest BCUT2D eigenvalue weighted by Crippen LogP contribution is 2.21. The lowest BCUT2D eigenvalue weighted by atomic mass is 10.2. The monoisotopic (exact) mass is 332 g/mol. The van der Waals surface area contributed by atoms with Gasteiger partial charge in [-0.25, -0.2) is 4.98 Å². The number of carbonyl (C=O) groups is 1. The van der Waals surface area contributed by atoms with E-state index in [9.17, 15) is 10.1 Å². The maximum atomic E-state index is 12.8. The summed E-state index contributed by atoms with van der Waals surface area (Å²) in [4.78, 5) is 21.0. The fourth-order valence-electron chi connectivity index (χ4n) is 3.13. The Morgan fingerprint density at radius 1 is 1.12 bits per heavy atom. The Morgan fingerprint density at radius 2 is 1.92 bits per heavy atom. The van der Waals surface area contributed by atoms with E-state index in [1.807, 2.05) is 29.2 Å². The van der Waals surface area contributed by atoms with E-state index in [0.29, 0.717) is 43.3 Å². The van der Waals surface area contributed by atoms with E-state index in [4.69, 9.17) is 0 Å². The molecule has 0 radical (unpaired) electrons. The van der Waals surface area contributed by atoms with Crippen molar-refractivity contribution in [3.8, 4) is 6.07 Å². The van der Waals surface area contributed by atoms with Crippen LogP contribution in [0.5, 0.6) is 0 Å². The highest BCUT2D eigenvalue weighted by atomic mass is 16.2. The number of hydrogen-bond acceptors (Lipinski definition) is 5. The maximum absolute atomic E-state index is 12.8. The minimum Gasteiger partial charge on any atom is -0.352 e. The lowest BCUT2D eigenvalue weighted by Crippen LogP contribution is -2.49. The van der Waals surface area contributed by atoms with Crippen molar-refractivity contribution in [3.63, 3.8) is 0 Å². The van der Waals surface area contributed by atoms with Crippen LogP contribution >= 0.6 is 0 Å². The summed E-state index contributed by atoms with van der Waals surface area (Å²) in [7, 11) is 0. The molecule has 1 amide bonds. The molecular formula is C18H16N6O. The molecule has 0 bridgehead atoms. The molecule has 1 saturated heterocycles. The molecule has 0 saturated carbocycles. The molecule has 25 heavy (non-hydrogen) atoms. The van der Waals surface area contributed by atoms with E-state index in [-0.39, 0.29) is 5.91 Å². The number of aromatic nitrogens is 3. The normalized spacial score (nSPS) is 14.5. The smallest absolute Gasteiger partial charge is 0.275 e. The summed E-state index contributed by atoms with van der Waals surface area (Å²) in [5.74, 6) is 0.612. The van der Waals surface area contributed by atoms with E-state index >= 15 is 0 Å². The molecule has 0 atom stereocenters. The zero-order chi connectivity index (χ0) is 17.2. The fourth-order valence-corrected chi connectivity index (χ4v) is 3.13. The van der Waals surface area contributed by atoms with Gasteiger partial charge in [-0.2, -0.15) is 10.4 Å². The van der Waals surface area contributed by atoms with E-state index in [1.54, 1.807) is 23.2 Å². The number of hydrogen-bond donors (Lipinski definition) is 1. The number of rotatable bonds is 2. The molecular weight excluding hydrogens is 316 g/mol. The number of anilines is 1. The van der Waals surface area contributed by atoms with Crippen molar-refractivity contribution in [2.45, 2.75) is 0 Å².